The zero-order chi connectivity index (χ0) is 15.2. The molecule has 0 aliphatic heterocycles. The Morgan fingerprint density at radius 3 is 2.57 bits per heavy atom. The second kappa shape index (κ2) is 7.33. The zero-order valence-corrected chi connectivity index (χ0v) is 13.2. The van der Waals surface area contributed by atoms with Crippen molar-refractivity contribution in [1.82, 2.24) is 5.32 Å². The number of carbonyl (C=O) groups is 1. The Morgan fingerprint density at radius 1 is 1.19 bits per heavy atom. The Labute approximate surface area is 131 Å². The normalized spacial score (nSPS) is 12.0. The minimum atomic E-state index is -0.440. The van der Waals surface area contributed by atoms with E-state index in [1.807, 2.05) is 31.2 Å². The quantitative estimate of drug-likeness (QED) is 0.859. The average Bonchev–Trinajstić information content (AvgIpc) is 2.48. The summed E-state index contributed by atoms with van der Waals surface area (Å²) in [6.45, 7) is 2.08. The van der Waals surface area contributed by atoms with Crippen LogP contribution in [0.2, 0.25) is 0 Å². The molecule has 2 aromatic rings. The molecule has 21 heavy (non-hydrogen) atoms. The largest absolute Gasteiger partial charge is 0.322 e. The highest BCUT2D eigenvalue weighted by Gasteiger charge is 2.11. The Kier molecular flexibility index (Phi) is 5.47. The van der Waals surface area contributed by atoms with Gasteiger partial charge in [-0.2, -0.15) is 0 Å². The van der Waals surface area contributed by atoms with Gasteiger partial charge in [0.1, 0.15) is 5.82 Å². The first-order chi connectivity index (χ1) is 10.1. The van der Waals surface area contributed by atoms with Crippen LogP contribution >= 0.6 is 15.9 Å². The van der Waals surface area contributed by atoms with E-state index in [0.29, 0.717) is 0 Å². The lowest BCUT2D eigenvalue weighted by Gasteiger charge is -2.15. The van der Waals surface area contributed by atoms with Gasteiger partial charge in [-0.05, 0) is 30.7 Å². The summed E-state index contributed by atoms with van der Waals surface area (Å²) in [5.74, 6) is -0.719. The molecule has 5 heteroatoms. The molecule has 0 aliphatic rings. The fourth-order valence-electron chi connectivity index (χ4n) is 1.94. The van der Waals surface area contributed by atoms with Crippen LogP contribution in [0, 0.1) is 5.82 Å². The van der Waals surface area contributed by atoms with Gasteiger partial charge in [0.05, 0.1) is 12.2 Å². The van der Waals surface area contributed by atoms with Crippen LogP contribution in [0.4, 0.5) is 10.1 Å². The first kappa shape index (κ1) is 15.7. The first-order valence-corrected chi connectivity index (χ1v) is 7.39. The summed E-state index contributed by atoms with van der Waals surface area (Å²) < 4.78 is 14.4. The van der Waals surface area contributed by atoms with Gasteiger partial charge in [-0.25, -0.2) is 4.39 Å². The number of halogens is 2. The van der Waals surface area contributed by atoms with E-state index in [2.05, 4.69) is 26.6 Å². The number of benzene rings is 2. The Balaban J connectivity index is 1.90. The van der Waals surface area contributed by atoms with E-state index < -0.39 is 5.82 Å². The van der Waals surface area contributed by atoms with Gasteiger partial charge >= 0.3 is 0 Å². The first-order valence-electron chi connectivity index (χ1n) is 6.60. The second-order valence-corrected chi connectivity index (χ2v) is 5.51. The number of nitrogens with one attached hydrogen (secondary N) is 2. The highest BCUT2D eigenvalue weighted by molar-refractivity contribution is 9.10. The molecule has 0 spiro atoms. The second-order valence-electron chi connectivity index (χ2n) is 4.65. The summed E-state index contributed by atoms with van der Waals surface area (Å²) in [6, 6.07) is 13.9. The molecule has 0 saturated carbocycles. The van der Waals surface area contributed by atoms with Crippen molar-refractivity contribution in [1.29, 1.82) is 0 Å². The summed E-state index contributed by atoms with van der Waals surface area (Å²) in [5, 5.41) is 5.66. The molecule has 0 saturated heterocycles. The molecule has 0 aliphatic carbocycles. The average molecular weight is 351 g/mol. The lowest BCUT2D eigenvalue weighted by molar-refractivity contribution is -0.115. The van der Waals surface area contributed by atoms with Crippen LogP contribution in [0.3, 0.4) is 0 Å². The summed E-state index contributed by atoms with van der Waals surface area (Å²) in [4.78, 5) is 11.8. The van der Waals surface area contributed by atoms with Crippen molar-refractivity contribution in [2.45, 2.75) is 13.0 Å². The van der Waals surface area contributed by atoms with Crippen LogP contribution in [0.1, 0.15) is 18.5 Å². The van der Waals surface area contributed by atoms with Crippen molar-refractivity contribution < 1.29 is 9.18 Å². The van der Waals surface area contributed by atoms with E-state index in [9.17, 15) is 9.18 Å². The van der Waals surface area contributed by atoms with Crippen molar-refractivity contribution in [3.8, 4) is 0 Å². The van der Waals surface area contributed by atoms with Crippen molar-refractivity contribution >= 4 is 27.5 Å². The molecule has 0 fully saturated rings. The molecule has 1 amide bonds. The number of para-hydroxylation sites is 1. The number of rotatable bonds is 5. The lowest BCUT2D eigenvalue weighted by atomic mass is 10.1. The zero-order valence-electron chi connectivity index (χ0n) is 11.6. The van der Waals surface area contributed by atoms with Crippen LogP contribution in [0.5, 0.6) is 0 Å². The number of amides is 1. The summed E-state index contributed by atoms with van der Waals surface area (Å²) in [6.07, 6.45) is 0. The van der Waals surface area contributed by atoms with Gasteiger partial charge in [0.15, 0.2) is 0 Å². The van der Waals surface area contributed by atoms with E-state index in [-0.39, 0.29) is 24.2 Å². The maximum absolute atomic E-state index is 13.4. The number of hydrogen-bond acceptors (Lipinski definition) is 2. The van der Waals surface area contributed by atoms with Gasteiger partial charge in [0.25, 0.3) is 0 Å². The number of hydrogen-bond donors (Lipinski definition) is 2. The molecular weight excluding hydrogens is 335 g/mol. The van der Waals surface area contributed by atoms with Crippen LogP contribution < -0.4 is 10.6 Å². The monoisotopic (exact) mass is 350 g/mol. The van der Waals surface area contributed by atoms with E-state index in [1.54, 1.807) is 12.1 Å². The Hall–Kier alpha value is -1.72. The van der Waals surface area contributed by atoms with E-state index in [0.717, 1.165) is 10.0 Å². The smallest absolute Gasteiger partial charge is 0.238 e. The predicted molar refractivity (Wildman–Crippen MR) is 85.6 cm³/mol. The van der Waals surface area contributed by atoms with Gasteiger partial charge in [-0.15, -0.1) is 0 Å². The standard InChI is InChI=1S/C16H16BrFN2O/c1-11(12-6-2-3-7-13(12)17)19-10-16(21)20-15-9-5-4-8-14(15)18/h2-9,11,19H,10H2,1H3,(H,20,21)/t11-/m1/s1. The molecule has 2 rings (SSSR count). The molecule has 2 N–H and O–H groups in total. The maximum atomic E-state index is 13.4. The summed E-state index contributed by atoms with van der Waals surface area (Å²) in [5.41, 5.74) is 1.26. The van der Waals surface area contributed by atoms with Gasteiger partial charge in [0, 0.05) is 10.5 Å². The highest BCUT2D eigenvalue weighted by Crippen LogP contribution is 2.22. The lowest BCUT2D eigenvalue weighted by Crippen LogP contribution is -2.30. The molecule has 1 atom stereocenters. The fourth-order valence-corrected chi connectivity index (χ4v) is 2.57. The van der Waals surface area contributed by atoms with Gasteiger partial charge in [-0.3, -0.25) is 4.79 Å². The molecule has 0 heterocycles. The minimum absolute atomic E-state index is 0.00643. The minimum Gasteiger partial charge on any atom is -0.322 e. The van der Waals surface area contributed by atoms with Crippen LogP contribution in [0.15, 0.2) is 53.0 Å². The molecule has 3 nitrogen and oxygen atoms in total. The summed E-state index contributed by atoms with van der Waals surface area (Å²) >= 11 is 3.48. The van der Waals surface area contributed by atoms with Gasteiger partial charge in [-0.1, -0.05) is 46.3 Å². The number of carbonyl (C=O) groups excluding carboxylic acids is 1. The van der Waals surface area contributed by atoms with Crippen molar-refractivity contribution in [3.05, 3.63) is 64.4 Å². The van der Waals surface area contributed by atoms with Gasteiger partial charge < -0.3 is 10.6 Å². The molecule has 2 aromatic carbocycles. The molecule has 0 radical (unpaired) electrons. The van der Waals surface area contributed by atoms with E-state index >= 15 is 0 Å². The fraction of sp³-hybridized carbons (Fsp3) is 0.188. The Bertz CT molecular complexity index is 633. The van der Waals surface area contributed by atoms with Crippen LogP contribution in [-0.4, -0.2) is 12.5 Å². The van der Waals surface area contributed by atoms with Crippen molar-refractivity contribution in [3.63, 3.8) is 0 Å². The molecule has 0 unspecified atom stereocenters. The Morgan fingerprint density at radius 2 is 1.86 bits per heavy atom. The van der Waals surface area contributed by atoms with E-state index in [4.69, 9.17) is 0 Å². The topological polar surface area (TPSA) is 41.1 Å². The third-order valence-electron chi connectivity index (χ3n) is 3.09. The highest BCUT2D eigenvalue weighted by atomic mass is 79.9. The van der Waals surface area contributed by atoms with Crippen molar-refractivity contribution in [2.75, 3.05) is 11.9 Å². The number of anilines is 1. The van der Waals surface area contributed by atoms with Crippen LogP contribution in [-0.2, 0) is 4.79 Å². The molecule has 0 aromatic heterocycles. The maximum Gasteiger partial charge on any atom is 0.238 e. The molecule has 110 valence electrons. The summed E-state index contributed by atoms with van der Waals surface area (Å²) in [7, 11) is 0. The predicted octanol–water partition coefficient (Wildman–Crippen LogP) is 3.88. The van der Waals surface area contributed by atoms with Crippen molar-refractivity contribution in [2.24, 2.45) is 0 Å². The SMILES string of the molecule is C[C@@H](NCC(=O)Nc1ccccc1F)c1ccccc1Br. The molecule has 0 bridgehead atoms. The third-order valence-corrected chi connectivity index (χ3v) is 3.81. The van der Waals surface area contributed by atoms with E-state index in [1.165, 1.54) is 12.1 Å². The van der Waals surface area contributed by atoms with Gasteiger partial charge in [0.2, 0.25) is 5.91 Å². The van der Waals surface area contributed by atoms with Crippen LogP contribution in [0.25, 0.3) is 0 Å². The molecular formula is C16H16BrFN2O. The third kappa shape index (κ3) is 4.37.